The van der Waals surface area contributed by atoms with Gasteiger partial charge in [-0.15, -0.1) is 0 Å². The van der Waals surface area contributed by atoms with Gasteiger partial charge in [0.15, 0.2) is 0 Å². The number of nitrogens with zero attached hydrogens (tertiary/aromatic N) is 1. The van der Waals surface area contributed by atoms with E-state index < -0.39 is 17.7 Å². The summed E-state index contributed by atoms with van der Waals surface area (Å²) in [6, 6.07) is 12.6. The molecule has 0 unspecified atom stereocenters. The van der Waals surface area contributed by atoms with Gasteiger partial charge < -0.3 is 20.1 Å². The Balaban J connectivity index is 1.58. The minimum absolute atomic E-state index is 0.0115. The van der Waals surface area contributed by atoms with E-state index in [1.165, 1.54) is 5.56 Å². The Morgan fingerprint density at radius 1 is 1.03 bits per heavy atom. The van der Waals surface area contributed by atoms with Crippen LogP contribution in [0.25, 0.3) is 0 Å². The number of carbonyl (C=O) groups excluding carboxylic acids is 2. The highest BCUT2D eigenvalue weighted by Gasteiger charge is 2.45. The van der Waals surface area contributed by atoms with Crippen molar-refractivity contribution in [2.75, 3.05) is 25.5 Å². The summed E-state index contributed by atoms with van der Waals surface area (Å²) in [4.78, 5) is 26.9. The Bertz CT molecular complexity index is 1040. The molecule has 4 rings (SSSR count). The molecule has 182 valence electrons. The lowest BCUT2D eigenvalue weighted by Crippen LogP contribution is -2.43. The monoisotopic (exact) mass is 485 g/mol. The topological polar surface area (TPSA) is 79.9 Å². The molecule has 0 amide bonds. The largest absolute Gasteiger partial charge is 0.416 e. The molecule has 2 N–H and O–H groups in total. The second-order valence-electron chi connectivity index (χ2n) is 9.26. The minimum atomic E-state index is -1.48. The van der Waals surface area contributed by atoms with E-state index in [0.717, 1.165) is 23.4 Å². The lowest BCUT2D eigenvalue weighted by Gasteiger charge is -2.32. The third kappa shape index (κ3) is 5.37. The molecule has 7 nitrogen and oxygen atoms in total. The van der Waals surface area contributed by atoms with Gasteiger partial charge in [-0.1, -0.05) is 35.9 Å². The van der Waals surface area contributed by atoms with Gasteiger partial charge in [-0.2, -0.15) is 0 Å². The first-order valence-electron chi connectivity index (χ1n) is 11.8. The number of hydrogen-bond acceptors (Lipinski definition) is 7. The normalized spacial score (nSPS) is 17.7. The van der Waals surface area contributed by atoms with Crippen LogP contribution in [0.1, 0.15) is 48.9 Å². The van der Waals surface area contributed by atoms with Crippen LogP contribution in [0.15, 0.2) is 36.4 Å². The van der Waals surface area contributed by atoms with Gasteiger partial charge in [0.05, 0.1) is 30.1 Å². The number of benzene rings is 2. The van der Waals surface area contributed by atoms with Crippen molar-refractivity contribution < 1.29 is 19.1 Å². The van der Waals surface area contributed by atoms with E-state index in [0.29, 0.717) is 36.1 Å². The maximum Gasteiger partial charge on any atom is 0.309 e. The second-order valence-corrected chi connectivity index (χ2v) is 9.66. The highest BCUT2D eigenvalue weighted by atomic mass is 35.5. The minimum Gasteiger partial charge on any atom is -0.416 e. The molecular weight excluding hydrogens is 454 g/mol. The molecule has 2 aliphatic heterocycles. The van der Waals surface area contributed by atoms with Crippen LogP contribution in [0.2, 0.25) is 5.02 Å². The fourth-order valence-electron chi connectivity index (χ4n) is 4.29. The Morgan fingerprint density at radius 2 is 1.68 bits per heavy atom. The quantitative estimate of drug-likeness (QED) is 0.599. The van der Waals surface area contributed by atoms with Crippen LogP contribution in [-0.4, -0.2) is 43.0 Å². The van der Waals surface area contributed by atoms with E-state index in [2.05, 4.69) is 60.7 Å². The molecule has 1 spiro atoms. The molecule has 0 aromatic heterocycles. The van der Waals surface area contributed by atoms with Crippen molar-refractivity contribution in [3.8, 4) is 0 Å². The van der Waals surface area contributed by atoms with E-state index in [1.54, 1.807) is 12.1 Å². The van der Waals surface area contributed by atoms with Crippen LogP contribution >= 0.6 is 11.6 Å². The zero-order valence-corrected chi connectivity index (χ0v) is 20.7. The molecule has 8 heteroatoms. The van der Waals surface area contributed by atoms with Gasteiger partial charge in [-0.3, -0.25) is 14.5 Å². The highest BCUT2D eigenvalue weighted by Crippen LogP contribution is 2.40. The van der Waals surface area contributed by atoms with E-state index >= 15 is 0 Å². The number of halogens is 1. The first kappa shape index (κ1) is 24.5. The van der Waals surface area contributed by atoms with Crippen molar-refractivity contribution >= 4 is 29.2 Å². The standard InChI is InChI=1S/C26H32ClN3O4/c1-17(2)30(3)15-19-6-4-18(5-7-19)14-29-25-20-12-13-28-16-26(21(20)8-9-22(25)27)33-23(31)10-11-24(32)34-26/h4-9,17,28-29H,10-16H2,1-3H3. The third-order valence-corrected chi connectivity index (χ3v) is 6.79. The smallest absolute Gasteiger partial charge is 0.309 e. The summed E-state index contributed by atoms with van der Waals surface area (Å²) in [5, 5.41) is 7.28. The van der Waals surface area contributed by atoms with Crippen molar-refractivity contribution in [1.82, 2.24) is 10.2 Å². The first-order valence-corrected chi connectivity index (χ1v) is 12.1. The van der Waals surface area contributed by atoms with Crippen molar-refractivity contribution in [2.24, 2.45) is 0 Å². The van der Waals surface area contributed by atoms with Gasteiger partial charge >= 0.3 is 11.9 Å². The van der Waals surface area contributed by atoms with Crippen LogP contribution < -0.4 is 10.6 Å². The molecule has 0 radical (unpaired) electrons. The fraction of sp³-hybridized carbons (Fsp3) is 0.462. The van der Waals surface area contributed by atoms with Gasteiger partial charge in [-0.05, 0) is 62.7 Å². The van der Waals surface area contributed by atoms with Crippen molar-refractivity contribution in [3.05, 3.63) is 63.7 Å². The number of ether oxygens (including phenoxy) is 2. The van der Waals surface area contributed by atoms with Gasteiger partial charge in [0.25, 0.3) is 5.79 Å². The molecule has 1 saturated heterocycles. The van der Waals surface area contributed by atoms with Crippen LogP contribution in [0.3, 0.4) is 0 Å². The van der Waals surface area contributed by atoms with Crippen LogP contribution in [-0.2, 0) is 44.4 Å². The second kappa shape index (κ2) is 10.3. The fourth-order valence-corrected chi connectivity index (χ4v) is 4.53. The number of nitrogens with one attached hydrogen (secondary N) is 2. The molecule has 2 aromatic carbocycles. The predicted octanol–water partition coefficient (Wildman–Crippen LogP) is 3.97. The van der Waals surface area contributed by atoms with Gasteiger partial charge in [-0.25, -0.2) is 0 Å². The molecule has 2 aromatic rings. The summed E-state index contributed by atoms with van der Waals surface area (Å²) >= 11 is 6.61. The summed E-state index contributed by atoms with van der Waals surface area (Å²) in [6.45, 7) is 6.68. The average Bonchev–Trinajstić information content (AvgIpc) is 3.06. The molecule has 1 fully saturated rings. The van der Waals surface area contributed by atoms with Gasteiger partial charge in [0, 0.05) is 24.7 Å². The van der Waals surface area contributed by atoms with Crippen molar-refractivity contribution in [3.63, 3.8) is 0 Å². The van der Waals surface area contributed by atoms with E-state index in [9.17, 15) is 9.59 Å². The van der Waals surface area contributed by atoms with Crippen LogP contribution in [0.5, 0.6) is 0 Å². The summed E-state index contributed by atoms with van der Waals surface area (Å²) < 4.78 is 11.4. The summed E-state index contributed by atoms with van der Waals surface area (Å²) in [5.41, 5.74) is 4.69. The lowest BCUT2D eigenvalue weighted by atomic mass is 9.96. The maximum absolute atomic E-state index is 12.3. The third-order valence-electron chi connectivity index (χ3n) is 6.48. The number of hydrogen-bond donors (Lipinski definition) is 2. The number of fused-ring (bicyclic) bond motifs is 2. The van der Waals surface area contributed by atoms with Gasteiger partial charge in [0.1, 0.15) is 0 Å². The number of carbonyl (C=O) groups is 2. The maximum atomic E-state index is 12.3. The Morgan fingerprint density at radius 3 is 2.32 bits per heavy atom. The SMILES string of the molecule is CC(C)N(C)Cc1ccc(CNc2c(Cl)ccc3c2CCNCC32OC(=O)CCC(=O)O2)cc1. The molecule has 0 bridgehead atoms. The molecule has 0 atom stereocenters. The predicted molar refractivity (Wildman–Crippen MR) is 131 cm³/mol. The molecule has 34 heavy (non-hydrogen) atoms. The summed E-state index contributed by atoms with van der Waals surface area (Å²) in [5.74, 6) is -2.39. The zero-order valence-electron chi connectivity index (χ0n) is 19.9. The Labute approximate surface area is 205 Å². The van der Waals surface area contributed by atoms with Gasteiger partial charge in [0.2, 0.25) is 0 Å². The number of anilines is 1. The molecular formula is C26H32ClN3O4. The van der Waals surface area contributed by atoms with E-state index in [4.69, 9.17) is 21.1 Å². The zero-order chi connectivity index (χ0) is 24.3. The first-order chi connectivity index (χ1) is 16.3. The highest BCUT2D eigenvalue weighted by molar-refractivity contribution is 6.33. The van der Waals surface area contributed by atoms with Crippen molar-refractivity contribution in [2.45, 2.75) is 58.0 Å². The average molecular weight is 486 g/mol. The molecule has 0 aliphatic carbocycles. The molecule has 0 saturated carbocycles. The van der Waals surface area contributed by atoms with Crippen LogP contribution in [0.4, 0.5) is 5.69 Å². The molecule has 2 aliphatic rings. The number of esters is 2. The Kier molecular flexibility index (Phi) is 7.45. The molecule has 2 heterocycles. The van der Waals surface area contributed by atoms with E-state index in [-0.39, 0.29) is 19.4 Å². The Hall–Kier alpha value is -2.61. The van der Waals surface area contributed by atoms with E-state index in [1.807, 2.05) is 0 Å². The van der Waals surface area contributed by atoms with Crippen molar-refractivity contribution in [1.29, 1.82) is 0 Å². The summed E-state index contributed by atoms with van der Waals surface area (Å²) in [6.07, 6.45) is 0.671. The number of rotatable bonds is 6. The summed E-state index contributed by atoms with van der Waals surface area (Å²) in [7, 11) is 2.12. The van der Waals surface area contributed by atoms with Crippen LogP contribution in [0, 0.1) is 0 Å². The lowest BCUT2D eigenvalue weighted by molar-refractivity contribution is -0.225.